The predicted molar refractivity (Wildman–Crippen MR) is 102 cm³/mol. The van der Waals surface area contributed by atoms with E-state index < -0.39 is 0 Å². The molecule has 0 aliphatic carbocycles. The van der Waals surface area contributed by atoms with Crippen molar-refractivity contribution in [1.29, 1.82) is 0 Å². The van der Waals surface area contributed by atoms with Gasteiger partial charge >= 0.3 is 0 Å². The van der Waals surface area contributed by atoms with E-state index in [4.69, 9.17) is 0 Å². The summed E-state index contributed by atoms with van der Waals surface area (Å²) in [6.07, 6.45) is 1.33. The van der Waals surface area contributed by atoms with Crippen LogP contribution in [0, 0.1) is 5.92 Å². The van der Waals surface area contributed by atoms with Gasteiger partial charge in [-0.1, -0.05) is 23.4 Å². The number of hydrogen-bond acceptors (Lipinski definition) is 4. The van der Waals surface area contributed by atoms with E-state index in [1.54, 1.807) is 10.7 Å². The van der Waals surface area contributed by atoms with Crippen LogP contribution in [-0.4, -0.2) is 44.8 Å². The topological polar surface area (TPSA) is 80.1 Å². The van der Waals surface area contributed by atoms with Gasteiger partial charge in [-0.25, -0.2) is 4.68 Å². The Morgan fingerprint density at radius 1 is 1.07 bits per heavy atom. The Morgan fingerprint density at radius 2 is 1.81 bits per heavy atom. The molecule has 1 aliphatic rings. The van der Waals surface area contributed by atoms with Crippen molar-refractivity contribution in [3.8, 4) is 0 Å². The number of para-hydroxylation sites is 1. The third kappa shape index (κ3) is 3.53. The summed E-state index contributed by atoms with van der Waals surface area (Å²) in [6.45, 7) is 1.15. The highest BCUT2D eigenvalue weighted by atomic mass is 16.2. The smallest absolute Gasteiger partial charge is 0.253 e. The van der Waals surface area contributed by atoms with Crippen LogP contribution in [0.15, 0.2) is 48.5 Å². The van der Waals surface area contributed by atoms with Gasteiger partial charge in [-0.3, -0.25) is 9.59 Å². The van der Waals surface area contributed by atoms with Crippen molar-refractivity contribution in [3.63, 3.8) is 0 Å². The van der Waals surface area contributed by atoms with E-state index in [1.807, 2.05) is 54.4 Å². The Bertz CT molecular complexity index is 974. The normalized spacial score (nSPS) is 15.1. The molecule has 27 heavy (non-hydrogen) atoms. The van der Waals surface area contributed by atoms with Gasteiger partial charge in [-0.15, -0.1) is 5.10 Å². The number of rotatable bonds is 3. The molecule has 0 spiro atoms. The molecule has 7 heteroatoms. The lowest BCUT2D eigenvalue weighted by Crippen LogP contribution is -2.41. The molecule has 1 saturated heterocycles. The molecule has 2 aromatic carbocycles. The summed E-state index contributed by atoms with van der Waals surface area (Å²) in [5.74, 6) is -0.0736. The second-order valence-electron chi connectivity index (χ2n) is 6.84. The number of piperidine rings is 1. The molecule has 0 unspecified atom stereocenters. The molecule has 138 valence electrons. The summed E-state index contributed by atoms with van der Waals surface area (Å²) in [5, 5.41) is 11.0. The number of benzene rings is 2. The summed E-state index contributed by atoms with van der Waals surface area (Å²) in [7, 11) is 1.82. The Kier molecular flexibility index (Phi) is 4.58. The lowest BCUT2D eigenvalue weighted by molar-refractivity contribution is -0.121. The summed E-state index contributed by atoms with van der Waals surface area (Å²) >= 11 is 0. The zero-order valence-corrected chi connectivity index (χ0v) is 15.1. The van der Waals surface area contributed by atoms with Crippen LogP contribution in [-0.2, 0) is 11.8 Å². The van der Waals surface area contributed by atoms with Crippen LogP contribution >= 0.6 is 0 Å². The molecule has 0 saturated carbocycles. The molecular formula is C20H21N5O2. The van der Waals surface area contributed by atoms with E-state index in [2.05, 4.69) is 15.6 Å². The number of anilines is 1. The number of hydrogen-bond donors (Lipinski definition) is 1. The van der Waals surface area contributed by atoms with Gasteiger partial charge < -0.3 is 10.2 Å². The van der Waals surface area contributed by atoms with Gasteiger partial charge in [0.25, 0.3) is 5.91 Å². The van der Waals surface area contributed by atoms with Crippen molar-refractivity contribution in [2.75, 3.05) is 18.4 Å². The fourth-order valence-corrected chi connectivity index (χ4v) is 3.47. The van der Waals surface area contributed by atoms with Gasteiger partial charge in [0, 0.05) is 37.3 Å². The minimum atomic E-state index is -0.0725. The second kappa shape index (κ2) is 7.19. The number of carbonyl (C=O) groups excluding carboxylic acids is 2. The second-order valence-corrected chi connectivity index (χ2v) is 6.84. The first-order valence-electron chi connectivity index (χ1n) is 9.06. The molecule has 4 rings (SSSR count). The van der Waals surface area contributed by atoms with Gasteiger partial charge in [0.1, 0.15) is 5.52 Å². The maximum atomic E-state index is 12.8. The minimum Gasteiger partial charge on any atom is -0.339 e. The molecule has 7 nitrogen and oxygen atoms in total. The molecule has 2 heterocycles. The minimum absolute atomic E-state index is 0.0225. The summed E-state index contributed by atoms with van der Waals surface area (Å²) in [4.78, 5) is 27.0. The average Bonchev–Trinajstić information content (AvgIpc) is 3.08. The number of aryl methyl sites for hydroxylation is 1. The fraction of sp³-hybridized carbons (Fsp3) is 0.300. The zero-order chi connectivity index (χ0) is 18.8. The maximum Gasteiger partial charge on any atom is 0.253 e. The Balaban J connectivity index is 1.37. The summed E-state index contributed by atoms with van der Waals surface area (Å²) < 4.78 is 1.68. The molecule has 0 atom stereocenters. The van der Waals surface area contributed by atoms with Crippen molar-refractivity contribution < 1.29 is 9.59 Å². The van der Waals surface area contributed by atoms with E-state index in [1.165, 1.54) is 0 Å². The van der Waals surface area contributed by atoms with Crippen molar-refractivity contribution in [3.05, 3.63) is 54.1 Å². The highest BCUT2D eigenvalue weighted by Gasteiger charge is 2.28. The van der Waals surface area contributed by atoms with E-state index in [0.29, 0.717) is 37.0 Å². The van der Waals surface area contributed by atoms with E-state index in [-0.39, 0.29) is 17.7 Å². The van der Waals surface area contributed by atoms with E-state index >= 15 is 0 Å². The first-order valence-corrected chi connectivity index (χ1v) is 9.06. The van der Waals surface area contributed by atoms with Crippen molar-refractivity contribution >= 4 is 28.5 Å². The number of amides is 2. The van der Waals surface area contributed by atoms with Crippen LogP contribution in [0.5, 0.6) is 0 Å². The maximum absolute atomic E-state index is 12.8. The molecule has 1 fully saturated rings. The number of likely N-dealkylation sites (tertiary alicyclic amines) is 1. The van der Waals surface area contributed by atoms with Crippen LogP contribution in [0.4, 0.5) is 5.69 Å². The largest absolute Gasteiger partial charge is 0.339 e. The molecular weight excluding hydrogens is 342 g/mol. The van der Waals surface area contributed by atoms with Gasteiger partial charge in [-0.2, -0.15) is 0 Å². The average molecular weight is 363 g/mol. The molecule has 3 aromatic rings. The van der Waals surface area contributed by atoms with Crippen LogP contribution < -0.4 is 5.32 Å². The number of carbonyl (C=O) groups is 2. The molecule has 2 amide bonds. The SMILES string of the molecule is Cn1nnc2cc(C(=O)N3CCC(C(=O)Nc4ccccc4)CC3)ccc21. The Hall–Kier alpha value is -3.22. The van der Waals surface area contributed by atoms with Crippen molar-refractivity contribution in [2.45, 2.75) is 12.8 Å². The number of nitrogens with one attached hydrogen (secondary N) is 1. The highest BCUT2D eigenvalue weighted by Crippen LogP contribution is 2.22. The third-order valence-corrected chi connectivity index (χ3v) is 5.05. The van der Waals surface area contributed by atoms with Crippen LogP contribution in [0.1, 0.15) is 23.2 Å². The number of fused-ring (bicyclic) bond motifs is 1. The standard InChI is InChI=1S/C20H21N5O2/c1-24-18-8-7-15(13-17(18)22-23-24)20(27)25-11-9-14(10-12-25)19(26)21-16-5-3-2-4-6-16/h2-8,13-14H,9-12H2,1H3,(H,21,26). The van der Waals surface area contributed by atoms with Crippen molar-refractivity contribution in [2.24, 2.45) is 13.0 Å². The molecule has 1 aliphatic heterocycles. The Morgan fingerprint density at radius 3 is 2.56 bits per heavy atom. The monoisotopic (exact) mass is 363 g/mol. The van der Waals surface area contributed by atoms with Crippen molar-refractivity contribution in [1.82, 2.24) is 19.9 Å². The molecule has 0 bridgehead atoms. The molecule has 0 radical (unpaired) electrons. The first-order chi connectivity index (χ1) is 13.1. The Labute approximate surface area is 157 Å². The zero-order valence-electron chi connectivity index (χ0n) is 15.1. The molecule has 1 N–H and O–H groups in total. The number of aromatic nitrogens is 3. The quantitative estimate of drug-likeness (QED) is 0.775. The van der Waals surface area contributed by atoms with Crippen LogP contribution in [0.3, 0.4) is 0 Å². The number of nitrogens with zero attached hydrogens (tertiary/aromatic N) is 4. The van der Waals surface area contributed by atoms with Gasteiger partial charge in [-0.05, 0) is 43.2 Å². The third-order valence-electron chi connectivity index (χ3n) is 5.05. The van der Waals surface area contributed by atoms with E-state index in [9.17, 15) is 9.59 Å². The lowest BCUT2D eigenvalue weighted by atomic mass is 9.95. The van der Waals surface area contributed by atoms with Gasteiger partial charge in [0.15, 0.2) is 0 Å². The van der Waals surface area contributed by atoms with Crippen LogP contribution in [0.25, 0.3) is 11.0 Å². The lowest BCUT2D eigenvalue weighted by Gasteiger charge is -2.31. The van der Waals surface area contributed by atoms with Gasteiger partial charge in [0.2, 0.25) is 5.91 Å². The summed E-state index contributed by atoms with van der Waals surface area (Å²) in [5.41, 5.74) is 3.01. The molecule has 1 aromatic heterocycles. The van der Waals surface area contributed by atoms with Gasteiger partial charge in [0.05, 0.1) is 5.52 Å². The van der Waals surface area contributed by atoms with Crippen LogP contribution in [0.2, 0.25) is 0 Å². The summed E-state index contributed by atoms with van der Waals surface area (Å²) in [6, 6.07) is 14.9. The van der Waals surface area contributed by atoms with E-state index in [0.717, 1.165) is 11.2 Å². The first kappa shape index (κ1) is 17.2. The predicted octanol–water partition coefficient (Wildman–Crippen LogP) is 2.46. The highest BCUT2D eigenvalue weighted by molar-refractivity contribution is 5.97. The fourth-order valence-electron chi connectivity index (χ4n) is 3.47.